The molecule has 0 aromatic heterocycles. The Labute approximate surface area is 67.7 Å². The van der Waals surface area contributed by atoms with E-state index in [2.05, 4.69) is 11.9 Å². The van der Waals surface area contributed by atoms with Crippen LogP contribution in [0, 0.1) is 0 Å². The van der Waals surface area contributed by atoms with Crippen molar-refractivity contribution in [2.24, 2.45) is 0 Å². The van der Waals surface area contributed by atoms with Crippen LogP contribution in [-0.4, -0.2) is 17.9 Å². The van der Waals surface area contributed by atoms with E-state index in [1.54, 1.807) is 0 Å². The summed E-state index contributed by atoms with van der Waals surface area (Å²) in [5.41, 5.74) is -0.262. The van der Waals surface area contributed by atoms with Crippen LogP contribution in [-0.2, 0) is 4.79 Å². The SMILES string of the molecule is C=CC(=O)C1(CC)CCCN1. The summed E-state index contributed by atoms with van der Waals surface area (Å²) in [6, 6.07) is 0. The molecule has 62 valence electrons. The number of carbonyl (C=O) groups is 1. The van der Waals surface area contributed by atoms with Gasteiger partial charge in [-0.15, -0.1) is 0 Å². The van der Waals surface area contributed by atoms with Gasteiger partial charge in [-0.1, -0.05) is 13.5 Å². The lowest BCUT2D eigenvalue weighted by molar-refractivity contribution is -0.120. The Balaban J connectivity index is 2.73. The van der Waals surface area contributed by atoms with Crippen LogP contribution < -0.4 is 5.32 Å². The second-order valence-corrected chi connectivity index (χ2v) is 3.03. The first-order chi connectivity index (χ1) is 5.25. The van der Waals surface area contributed by atoms with Crippen molar-refractivity contribution >= 4 is 5.78 Å². The first-order valence-corrected chi connectivity index (χ1v) is 4.17. The van der Waals surface area contributed by atoms with Gasteiger partial charge in [0.05, 0.1) is 5.54 Å². The topological polar surface area (TPSA) is 29.1 Å². The lowest BCUT2D eigenvalue weighted by Crippen LogP contribution is -2.45. The van der Waals surface area contributed by atoms with E-state index in [4.69, 9.17) is 0 Å². The lowest BCUT2D eigenvalue weighted by Gasteiger charge is -2.24. The highest BCUT2D eigenvalue weighted by Crippen LogP contribution is 2.23. The Bertz CT molecular complexity index is 168. The summed E-state index contributed by atoms with van der Waals surface area (Å²) in [4.78, 5) is 11.4. The number of rotatable bonds is 3. The molecule has 1 rings (SSSR count). The van der Waals surface area contributed by atoms with E-state index < -0.39 is 0 Å². The summed E-state index contributed by atoms with van der Waals surface area (Å²) < 4.78 is 0. The number of ketones is 1. The largest absolute Gasteiger partial charge is 0.305 e. The van der Waals surface area contributed by atoms with Crippen molar-refractivity contribution in [3.63, 3.8) is 0 Å². The molecule has 0 spiro atoms. The van der Waals surface area contributed by atoms with Crippen LogP contribution in [0.4, 0.5) is 0 Å². The van der Waals surface area contributed by atoms with Gasteiger partial charge in [-0.25, -0.2) is 0 Å². The Kier molecular flexibility index (Phi) is 2.45. The van der Waals surface area contributed by atoms with Crippen molar-refractivity contribution in [3.8, 4) is 0 Å². The molecule has 0 aromatic rings. The predicted molar refractivity (Wildman–Crippen MR) is 45.5 cm³/mol. The van der Waals surface area contributed by atoms with Crippen LogP contribution in [0.25, 0.3) is 0 Å². The molecule has 2 nitrogen and oxygen atoms in total. The molecule has 1 unspecified atom stereocenters. The number of nitrogens with one attached hydrogen (secondary N) is 1. The van der Waals surface area contributed by atoms with Gasteiger partial charge in [0, 0.05) is 0 Å². The average molecular weight is 153 g/mol. The van der Waals surface area contributed by atoms with Crippen molar-refractivity contribution in [1.29, 1.82) is 0 Å². The van der Waals surface area contributed by atoms with Gasteiger partial charge in [-0.05, 0) is 31.9 Å². The van der Waals surface area contributed by atoms with E-state index in [-0.39, 0.29) is 11.3 Å². The van der Waals surface area contributed by atoms with Crippen molar-refractivity contribution in [2.45, 2.75) is 31.7 Å². The zero-order valence-electron chi connectivity index (χ0n) is 7.02. The minimum absolute atomic E-state index is 0.150. The summed E-state index contributed by atoms with van der Waals surface area (Å²) >= 11 is 0. The molecular weight excluding hydrogens is 138 g/mol. The van der Waals surface area contributed by atoms with Crippen LogP contribution in [0.1, 0.15) is 26.2 Å². The first kappa shape index (κ1) is 8.47. The molecule has 1 fully saturated rings. The van der Waals surface area contributed by atoms with Gasteiger partial charge in [-0.2, -0.15) is 0 Å². The predicted octanol–water partition coefficient (Wildman–Crippen LogP) is 1.27. The van der Waals surface area contributed by atoms with Crippen LogP contribution >= 0.6 is 0 Å². The molecule has 0 aliphatic carbocycles. The Morgan fingerprint density at radius 1 is 1.82 bits per heavy atom. The van der Waals surface area contributed by atoms with E-state index in [1.165, 1.54) is 6.08 Å². The Morgan fingerprint density at radius 3 is 2.91 bits per heavy atom. The van der Waals surface area contributed by atoms with E-state index in [0.29, 0.717) is 0 Å². The van der Waals surface area contributed by atoms with Gasteiger partial charge in [0.2, 0.25) is 0 Å². The third-order valence-corrected chi connectivity index (χ3v) is 2.50. The minimum atomic E-state index is -0.262. The smallest absolute Gasteiger partial charge is 0.175 e. The van der Waals surface area contributed by atoms with Gasteiger partial charge in [-0.3, -0.25) is 4.79 Å². The maximum absolute atomic E-state index is 11.4. The van der Waals surface area contributed by atoms with Crippen molar-refractivity contribution in [3.05, 3.63) is 12.7 Å². The molecule has 0 amide bonds. The molecule has 0 radical (unpaired) electrons. The summed E-state index contributed by atoms with van der Waals surface area (Å²) in [5.74, 6) is 0.150. The van der Waals surface area contributed by atoms with Crippen LogP contribution in [0.15, 0.2) is 12.7 Å². The van der Waals surface area contributed by atoms with E-state index in [0.717, 1.165) is 25.8 Å². The molecule has 11 heavy (non-hydrogen) atoms. The molecular formula is C9H15NO. The van der Waals surface area contributed by atoms with E-state index in [1.807, 2.05) is 6.92 Å². The fraction of sp³-hybridized carbons (Fsp3) is 0.667. The summed E-state index contributed by atoms with van der Waals surface area (Å²) in [5, 5.41) is 3.25. The number of carbonyl (C=O) groups excluding carboxylic acids is 1. The Hall–Kier alpha value is -0.630. The van der Waals surface area contributed by atoms with Crippen molar-refractivity contribution < 1.29 is 4.79 Å². The van der Waals surface area contributed by atoms with E-state index >= 15 is 0 Å². The van der Waals surface area contributed by atoms with Crippen molar-refractivity contribution in [2.75, 3.05) is 6.54 Å². The summed E-state index contributed by atoms with van der Waals surface area (Å²) in [6.45, 7) is 6.52. The summed E-state index contributed by atoms with van der Waals surface area (Å²) in [6.07, 6.45) is 4.38. The molecule has 1 aliphatic heterocycles. The molecule has 2 heteroatoms. The van der Waals surface area contributed by atoms with Gasteiger partial charge < -0.3 is 5.32 Å². The average Bonchev–Trinajstić information content (AvgIpc) is 2.52. The fourth-order valence-electron chi connectivity index (χ4n) is 1.69. The van der Waals surface area contributed by atoms with E-state index in [9.17, 15) is 4.79 Å². The third-order valence-electron chi connectivity index (χ3n) is 2.50. The quantitative estimate of drug-likeness (QED) is 0.619. The number of hydrogen-bond donors (Lipinski definition) is 1. The highest BCUT2D eigenvalue weighted by molar-refractivity contribution is 5.97. The standard InChI is InChI=1S/C9H15NO/c1-3-8(11)9(4-2)6-5-7-10-9/h3,10H,1,4-7H2,2H3. The van der Waals surface area contributed by atoms with Crippen LogP contribution in [0.3, 0.4) is 0 Å². The van der Waals surface area contributed by atoms with Gasteiger partial charge in [0.15, 0.2) is 5.78 Å². The minimum Gasteiger partial charge on any atom is -0.305 e. The zero-order chi connectivity index (χ0) is 8.32. The Morgan fingerprint density at radius 2 is 2.55 bits per heavy atom. The number of hydrogen-bond acceptors (Lipinski definition) is 2. The highest BCUT2D eigenvalue weighted by atomic mass is 16.1. The maximum atomic E-state index is 11.4. The normalized spacial score (nSPS) is 30.3. The molecule has 1 aliphatic rings. The van der Waals surface area contributed by atoms with Gasteiger partial charge in [0.25, 0.3) is 0 Å². The maximum Gasteiger partial charge on any atom is 0.175 e. The summed E-state index contributed by atoms with van der Waals surface area (Å²) in [7, 11) is 0. The molecule has 1 N–H and O–H groups in total. The highest BCUT2D eigenvalue weighted by Gasteiger charge is 2.36. The lowest BCUT2D eigenvalue weighted by atomic mass is 9.89. The molecule has 0 aromatic carbocycles. The molecule has 0 saturated carbocycles. The molecule has 1 saturated heterocycles. The molecule has 0 bridgehead atoms. The second kappa shape index (κ2) is 3.18. The van der Waals surface area contributed by atoms with Crippen LogP contribution in [0.2, 0.25) is 0 Å². The molecule has 1 heterocycles. The monoisotopic (exact) mass is 153 g/mol. The van der Waals surface area contributed by atoms with Gasteiger partial charge in [0.1, 0.15) is 0 Å². The fourth-order valence-corrected chi connectivity index (χ4v) is 1.69. The first-order valence-electron chi connectivity index (χ1n) is 4.17. The third kappa shape index (κ3) is 1.36. The molecule has 1 atom stereocenters. The second-order valence-electron chi connectivity index (χ2n) is 3.03. The van der Waals surface area contributed by atoms with Crippen LogP contribution in [0.5, 0.6) is 0 Å². The zero-order valence-corrected chi connectivity index (χ0v) is 7.02. The van der Waals surface area contributed by atoms with Gasteiger partial charge >= 0.3 is 0 Å². The van der Waals surface area contributed by atoms with Crippen molar-refractivity contribution in [1.82, 2.24) is 5.32 Å².